The Morgan fingerprint density at radius 3 is 2.28 bits per heavy atom. The van der Waals surface area contributed by atoms with Crippen LogP contribution in [0.15, 0.2) is 54.6 Å². The quantitative estimate of drug-likeness (QED) is 0.804. The minimum absolute atomic E-state index is 0.0352. The maximum absolute atomic E-state index is 12.8. The lowest BCUT2D eigenvalue weighted by Crippen LogP contribution is -2.33. The zero-order valence-electron chi connectivity index (χ0n) is 14.7. The Hall–Kier alpha value is -2.66. The number of amides is 2. The Kier molecular flexibility index (Phi) is 7.16. The molecule has 2 aromatic carbocycles. The third kappa shape index (κ3) is 6.04. The van der Waals surface area contributed by atoms with E-state index in [-0.39, 0.29) is 11.8 Å². The van der Waals surface area contributed by atoms with E-state index in [9.17, 15) is 9.59 Å². The minimum Gasteiger partial charge on any atom is -0.383 e. The average Bonchev–Trinajstić information content (AvgIpc) is 2.64. The molecule has 25 heavy (non-hydrogen) atoms. The highest BCUT2D eigenvalue weighted by Gasteiger charge is 2.16. The van der Waals surface area contributed by atoms with Gasteiger partial charge in [0.05, 0.1) is 6.61 Å². The Morgan fingerprint density at radius 1 is 1.00 bits per heavy atom. The van der Waals surface area contributed by atoms with Crippen molar-refractivity contribution in [3.63, 3.8) is 0 Å². The molecule has 0 saturated carbocycles. The lowest BCUT2D eigenvalue weighted by atomic mass is 10.1. The van der Waals surface area contributed by atoms with Gasteiger partial charge in [0.15, 0.2) is 0 Å². The van der Waals surface area contributed by atoms with Gasteiger partial charge in [-0.15, -0.1) is 0 Å². The van der Waals surface area contributed by atoms with Crippen molar-refractivity contribution in [2.45, 2.75) is 20.0 Å². The van der Waals surface area contributed by atoms with Crippen LogP contribution in [0.3, 0.4) is 0 Å². The summed E-state index contributed by atoms with van der Waals surface area (Å²) in [5.41, 5.74) is 2.66. The van der Waals surface area contributed by atoms with Crippen LogP contribution in [-0.4, -0.2) is 37.0 Å². The van der Waals surface area contributed by atoms with Gasteiger partial charge < -0.3 is 15.0 Å². The summed E-state index contributed by atoms with van der Waals surface area (Å²) in [5.74, 6) is -0.110. The lowest BCUT2D eigenvalue weighted by Gasteiger charge is -2.23. The van der Waals surface area contributed by atoms with Gasteiger partial charge in [0, 0.05) is 39.2 Å². The Bertz CT molecular complexity index is 684. The SMILES string of the molecule is COCCN(Cc1ccccc1)C(=O)c1ccc(CNC(C)=O)cc1. The topological polar surface area (TPSA) is 58.6 Å². The first-order chi connectivity index (χ1) is 12.1. The van der Waals surface area contributed by atoms with Crippen molar-refractivity contribution >= 4 is 11.8 Å². The van der Waals surface area contributed by atoms with E-state index >= 15 is 0 Å². The summed E-state index contributed by atoms with van der Waals surface area (Å²) < 4.78 is 5.14. The highest BCUT2D eigenvalue weighted by molar-refractivity contribution is 5.94. The lowest BCUT2D eigenvalue weighted by molar-refractivity contribution is -0.119. The summed E-state index contributed by atoms with van der Waals surface area (Å²) >= 11 is 0. The smallest absolute Gasteiger partial charge is 0.254 e. The largest absolute Gasteiger partial charge is 0.383 e. The second-order valence-corrected chi connectivity index (χ2v) is 5.81. The van der Waals surface area contributed by atoms with Crippen LogP contribution in [-0.2, 0) is 22.6 Å². The number of hydrogen-bond acceptors (Lipinski definition) is 3. The molecule has 0 saturated heterocycles. The van der Waals surface area contributed by atoms with Crippen LogP contribution < -0.4 is 5.32 Å². The Morgan fingerprint density at radius 2 is 1.68 bits per heavy atom. The van der Waals surface area contributed by atoms with Gasteiger partial charge in [0.1, 0.15) is 0 Å². The molecule has 5 nitrogen and oxygen atoms in total. The molecule has 2 amide bonds. The molecular weight excluding hydrogens is 316 g/mol. The normalized spacial score (nSPS) is 10.3. The summed E-state index contributed by atoms with van der Waals surface area (Å²) in [6.07, 6.45) is 0. The van der Waals surface area contributed by atoms with Gasteiger partial charge in [-0.1, -0.05) is 42.5 Å². The summed E-state index contributed by atoms with van der Waals surface area (Å²) in [6.45, 7) is 3.49. The maximum Gasteiger partial charge on any atom is 0.254 e. The number of methoxy groups -OCH3 is 1. The van der Waals surface area contributed by atoms with Gasteiger partial charge in [0.25, 0.3) is 5.91 Å². The standard InChI is InChI=1S/C20H24N2O3/c1-16(23)21-14-17-8-10-19(11-9-17)20(24)22(12-13-25-2)15-18-6-4-3-5-7-18/h3-11H,12-15H2,1-2H3,(H,21,23). The first-order valence-electron chi connectivity index (χ1n) is 8.25. The molecule has 0 aliphatic rings. The van der Waals surface area contributed by atoms with E-state index in [1.54, 1.807) is 24.1 Å². The predicted octanol–water partition coefficient (Wildman–Crippen LogP) is 2.61. The van der Waals surface area contributed by atoms with Crippen LogP contribution in [0.1, 0.15) is 28.4 Å². The molecule has 0 aliphatic heterocycles. The third-order valence-electron chi connectivity index (χ3n) is 3.81. The van der Waals surface area contributed by atoms with Crippen molar-refractivity contribution in [3.8, 4) is 0 Å². The van der Waals surface area contributed by atoms with Crippen molar-refractivity contribution < 1.29 is 14.3 Å². The number of carbonyl (C=O) groups is 2. The fraction of sp³-hybridized carbons (Fsp3) is 0.300. The Labute approximate surface area is 148 Å². The molecule has 0 spiro atoms. The molecule has 5 heteroatoms. The van der Waals surface area contributed by atoms with E-state index in [2.05, 4.69) is 5.32 Å². The Balaban J connectivity index is 2.08. The summed E-state index contributed by atoms with van der Waals surface area (Å²) in [4.78, 5) is 25.6. The zero-order valence-corrected chi connectivity index (χ0v) is 14.7. The summed E-state index contributed by atoms with van der Waals surface area (Å²) in [7, 11) is 1.63. The second kappa shape index (κ2) is 9.59. The molecule has 0 fully saturated rings. The molecule has 1 N–H and O–H groups in total. The van der Waals surface area contributed by atoms with Crippen molar-refractivity contribution in [1.82, 2.24) is 10.2 Å². The van der Waals surface area contributed by atoms with Crippen molar-refractivity contribution in [2.24, 2.45) is 0 Å². The third-order valence-corrected chi connectivity index (χ3v) is 3.81. The van der Waals surface area contributed by atoms with E-state index in [1.807, 2.05) is 42.5 Å². The molecule has 0 heterocycles. The van der Waals surface area contributed by atoms with E-state index in [1.165, 1.54) is 6.92 Å². The van der Waals surface area contributed by atoms with Gasteiger partial charge in [-0.2, -0.15) is 0 Å². The number of benzene rings is 2. The first-order valence-corrected chi connectivity index (χ1v) is 8.25. The number of rotatable bonds is 8. The average molecular weight is 340 g/mol. The van der Waals surface area contributed by atoms with E-state index in [0.717, 1.165) is 11.1 Å². The zero-order chi connectivity index (χ0) is 18.1. The summed E-state index contributed by atoms with van der Waals surface area (Å²) in [6, 6.07) is 17.2. The first kappa shape index (κ1) is 18.7. The molecule has 0 bridgehead atoms. The molecule has 0 aromatic heterocycles. The highest BCUT2D eigenvalue weighted by atomic mass is 16.5. The van der Waals surface area contributed by atoms with Crippen LogP contribution in [0.2, 0.25) is 0 Å². The fourth-order valence-corrected chi connectivity index (χ4v) is 2.43. The predicted molar refractivity (Wildman–Crippen MR) is 97.0 cm³/mol. The van der Waals surface area contributed by atoms with Crippen LogP contribution in [0.4, 0.5) is 0 Å². The number of ether oxygens (including phenoxy) is 1. The number of carbonyl (C=O) groups excluding carboxylic acids is 2. The van der Waals surface area contributed by atoms with Gasteiger partial charge in [-0.25, -0.2) is 0 Å². The van der Waals surface area contributed by atoms with E-state index in [4.69, 9.17) is 4.74 Å². The molecule has 2 rings (SSSR count). The molecule has 132 valence electrons. The van der Waals surface area contributed by atoms with Crippen molar-refractivity contribution in [3.05, 3.63) is 71.3 Å². The van der Waals surface area contributed by atoms with Crippen molar-refractivity contribution in [2.75, 3.05) is 20.3 Å². The fourth-order valence-electron chi connectivity index (χ4n) is 2.43. The monoisotopic (exact) mass is 340 g/mol. The molecule has 0 unspecified atom stereocenters. The summed E-state index contributed by atoms with van der Waals surface area (Å²) in [5, 5.41) is 2.74. The molecule has 0 aliphatic carbocycles. The van der Waals surface area contributed by atoms with Gasteiger partial charge in [-0.3, -0.25) is 9.59 Å². The highest BCUT2D eigenvalue weighted by Crippen LogP contribution is 2.11. The minimum atomic E-state index is -0.0752. The van der Waals surface area contributed by atoms with Gasteiger partial charge in [0.2, 0.25) is 5.91 Å². The van der Waals surface area contributed by atoms with Crippen LogP contribution in [0.25, 0.3) is 0 Å². The molecule has 0 atom stereocenters. The number of hydrogen-bond donors (Lipinski definition) is 1. The van der Waals surface area contributed by atoms with Crippen molar-refractivity contribution in [1.29, 1.82) is 0 Å². The molecule has 2 aromatic rings. The van der Waals surface area contributed by atoms with E-state index < -0.39 is 0 Å². The van der Waals surface area contributed by atoms with Gasteiger partial charge >= 0.3 is 0 Å². The maximum atomic E-state index is 12.8. The van der Waals surface area contributed by atoms with Crippen LogP contribution in [0, 0.1) is 0 Å². The van der Waals surface area contributed by atoms with Crippen LogP contribution >= 0.6 is 0 Å². The number of nitrogens with one attached hydrogen (secondary N) is 1. The number of nitrogens with zero attached hydrogens (tertiary/aromatic N) is 1. The van der Waals surface area contributed by atoms with E-state index in [0.29, 0.717) is 31.8 Å². The second-order valence-electron chi connectivity index (χ2n) is 5.81. The van der Waals surface area contributed by atoms with Crippen LogP contribution in [0.5, 0.6) is 0 Å². The molecule has 0 radical (unpaired) electrons. The van der Waals surface area contributed by atoms with Gasteiger partial charge in [-0.05, 0) is 23.3 Å². The molecular formula is C20H24N2O3.